The van der Waals surface area contributed by atoms with E-state index < -0.39 is 46.9 Å². The summed E-state index contributed by atoms with van der Waals surface area (Å²) in [5.41, 5.74) is -1.91. The molecule has 1 aliphatic rings. The zero-order valence-corrected chi connectivity index (χ0v) is 21.0. The topological polar surface area (TPSA) is 115 Å². The molecule has 3 amide bonds. The molecule has 1 atom stereocenters. The first kappa shape index (κ1) is 27.7. The van der Waals surface area contributed by atoms with Crippen molar-refractivity contribution in [3.8, 4) is 0 Å². The fourth-order valence-corrected chi connectivity index (χ4v) is 4.29. The van der Waals surface area contributed by atoms with Gasteiger partial charge < -0.3 is 20.1 Å². The molecule has 9 nitrogen and oxygen atoms in total. The monoisotopic (exact) mass is 547 g/mol. The Balaban J connectivity index is 1.42. The first-order valence-corrected chi connectivity index (χ1v) is 12.1. The van der Waals surface area contributed by atoms with Crippen LogP contribution in [0.1, 0.15) is 40.3 Å². The molecule has 2 aromatic carbocycles. The van der Waals surface area contributed by atoms with Gasteiger partial charge in [0.2, 0.25) is 5.91 Å². The van der Waals surface area contributed by atoms with Gasteiger partial charge >= 0.3 is 6.18 Å². The normalized spacial score (nSPS) is 14.9. The second-order valence-corrected chi connectivity index (χ2v) is 9.44. The molecule has 1 saturated heterocycles. The van der Waals surface area contributed by atoms with E-state index in [0.29, 0.717) is 23.2 Å². The third kappa shape index (κ3) is 5.91. The van der Waals surface area contributed by atoms with Gasteiger partial charge in [0, 0.05) is 31.7 Å². The molecule has 4 rings (SSSR count). The van der Waals surface area contributed by atoms with E-state index in [1.807, 2.05) is 0 Å². The summed E-state index contributed by atoms with van der Waals surface area (Å²) in [6.07, 6.45) is -4.88. The number of H-pyrrole nitrogens is 1. The van der Waals surface area contributed by atoms with Crippen LogP contribution in [0.4, 0.5) is 17.6 Å². The van der Waals surface area contributed by atoms with Crippen molar-refractivity contribution in [1.82, 2.24) is 25.1 Å². The third-order valence-electron chi connectivity index (χ3n) is 6.43. The number of para-hydroxylation sites is 2. The minimum Gasteiger partial charge on any atom is -0.338 e. The van der Waals surface area contributed by atoms with Crippen molar-refractivity contribution in [1.29, 1.82) is 0 Å². The van der Waals surface area contributed by atoms with E-state index in [2.05, 4.69) is 15.3 Å². The zero-order valence-electron chi connectivity index (χ0n) is 21.0. The highest BCUT2D eigenvalue weighted by Gasteiger charge is 2.36. The number of hydrogen-bond acceptors (Lipinski definition) is 5. The maximum Gasteiger partial charge on any atom is 0.419 e. The van der Waals surface area contributed by atoms with Crippen LogP contribution < -0.4 is 10.9 Å². The lowest BCUT2D eigenvalue weighted by Crippen LogP contribution is -2.57. The van der Waals surface area contributed by atoms with Crippen molar-refractivity contribution in [2.45, 2.75) is 26.1 Å². The molecule has 1 aromatic heterocycles. The minimum absolute atomic E-state index is 0.0534. The molecule has 3 aromatic rings. The average Bonchev–Trinajstić information content (AvgIpc) is 2.89. The van der Waals surface area contributed by atoms with Crippen LogP contribution in [0.2, 0.25) is 0 Å². The average molecular weight is 548 g/mol. The second-order valence-electron chi connectivity index (χ2n) is 9.44. The number of halogens is 4. The summed E-state index contributed by atoms with van der Waals surface area (Å²) in [4.78, 5) is 60.8. The predicted octanol–water partition coefficient (Wildman–Crippen LogP) is 2.82. The highest BCUT2D eigenvalue weighted by Crippen LogP contribution is 2.31. The van der Waals surface area contributed by atoms with E-state index in [-0.39, 0.29) is 43.4 Å². The molecule has 1 fully saturated rings. The van der Waals surface area contributed by atoms with Crippen LogP contribution >= 0.6 is 0 Å². The lowest BCUT2D eigenvalue weighted by atomic mass is 10.0. The lowest BCUT2D eigenvalue weighted by molar-refractivity contribution is -0.140. The van der Waals surface area contributed by atoms with Crippen LogP contribution in [0, 0.1) is 11.7 Å². The zero-order chi connectivity index (χ0) is 28.5. The number of nitrogens with zero attached hydrogens (tertiary/aromatic N) is 3. The number of carbonyl (C=O) groups excluding carboxylic acids is 3. The first-order chi connectivity index (χ1) is 18.4. The number of aromatic amines is 1. The lowest BCUT2D eigenvalue weighted by Gasteiger charge is -2.37. The van der Waals surface area contributed by atoms with Crippen LogP contribution in [0.3, 0.4) is 0 Å². The van der Waals surface area contributed by atoms with Crippen LogP contribution in [-0.4, -0.2) is 69.7 Å². The predicted molar refractivity (Wildman–Crippen MR) is 132 cm³/mol. The van der Waals surface area contributed by atoms with E-state index in [0.717, 1.165) is 6.07 Å². The summed E-state index contributed by atoms with van der Waals surface area (Å²) in [6, 6.07) is 7.69. The molecule has 2 N–H and O–H groups in total. The Hall–Kier alpha value is -4.29. The Morgan fingerprint density at radius 2 is 1.64 bits per heavy atom. The number of alkyl halides is 3. The molecule has 13 heteroatoms. The van der Waals surface area contributed by atoms with Gasteiger partial charge in [0.25, 0.3) is 17.4 Å². The standard InChI is InChI=1S/C26H25F4N5O4/c1-14(2)20(33-23(37)21-22(36)32-19-6-4-3-5-18(19)31-21)25(39)35-11-9-34(10-12-35)24(38)15-7-8-16(17(27)13-15)26(28,29)30/h3-8,13-14,20H,9-12H2,1-2H3,(H,32,36)(H,33,37)/t20-/m0/s1. The summed E-state index contributed by atoms with van der Waals surface area (Å²) in [5.74, 6) is -3.80. The largest absolute Gasteiger partial charge is 0.419 e. The molecule has 206 valence electrons. The maximum absolute atomic E-state index is 13.9. The summed E-state index contributed by atoms with van der Waals surface area (Å²) >= 11 is 0. The molecule has 0 unspecified atom stereocenters. The minimum atomic E-state index is -4.88. The first-order valence-electron chi connectivity index (χ1n) is 12.1. The number of aromatic nitrogens is 2. The number of carbonyl (C=O) groups is 3. The summed E-state index contributed by atoms with van der Waals surface area (Å²) in [6.45, 7) is 3.72. The number of benzene rings is 2. The molecule has 0 bridgehead atoms. The fraction of sp³-hybridized carbons (Fsp3) is 0.346. The molecule has 0 aliphatic carbocycles. The van der Waals surface area contributed by atoms with E-state index in [4.69, 9.17) is 0 Å². The van der Waals surface area contributed by atoms with Gasteiger partial charge in [0.1, 0.15) is 11.9 Å². The quantitative estimate of drug-likeness (QED) is 0.477. The van der Waals surface area contributed by atoms with Crippen LogP contribution in [0.25, 0.3) is 11.0 Å². The smallest absolute Gasteiger partial charge is 0.338 e. The van der Waals surface area contributed by atoms with Gasteiger partial charge in [-0.15, -0.1) is 0 Å². The van der Waals surface area contributed by atoms with Gasteiger partial charge in [-0.25, -0.2) is 9.37 Å². The summed E-state index contributed by atoms with van der Waals surface area (Å²) in [5, 5.41) is 2.59. The fourth-order valence-electron chi connectivity index (χ4n) is 4.29. The van der Waals surface area contributed by atoms with Crippen molar-refractivity contribution >= 4 is 28.8 Å². The van der Waals surface area contributed by atoms with Gasteiger partial charge in [-0.2, -0.15) is 13.2 Å². The Kier molecular flexibility index (Phi) is 7.70. The van der Waals surface area contributed by atoms with Crippen molar-refractivity contribution < 1.29 is 31.9 Å². The molecule has 0 radical (unpaired) electrons. The number of hydrogen-bond donors (Lipinski definition) is 2. The molecule has 0 saturated carbocycles. The second kappa shape index (κ2) is 10.8. The Labute approximate surface area is 219 Å². The Morgan fingerprint density at radius 1 is 1.00 bits per heavy atom. The van der Waals surface area contributed by atoms with E-state index >= 15 is 0 Å². The van der Waals surface area contributed by atoms with E-state index in [1.54, 1.807) is 38.1 Å². The van der Waals surface area contributed by atoms with Crippen molar-refractivity contribution in [3.05, 3.63) is 75.5 Å². The van der Waals surface area contributed by atoms with Crippen molar-refractivity contribution in [2.75, 3.05) is 26.2 Å². The van der Waals surface area contributed by atoms with Crippen LogP contribution in [-0.2, 0) is 11.0 Å². The van der Waals surface area contributed by atoms with E-state index in [9.17, 15) is 36.7 Å². The van der Waals surface area contributed by atoms with Crippen molar-refractivity contribution in [3.63, 3.8) is 0 Å². The highest BCUT2D eigenvalue weighted by molar-refractivity contribution is 5.97. The van der Waals surface area contributed by atoms with Gasteiger partial charge in [-0.1, -0.05) is 26.0 Å². The molecular formula is C26H25F4N5O4. The molecule has 1 aliphatic heterocycles. The SMILES string of the molecule is CC(C)[C@H](NC(=O)c1nc2ccccc2[nH]c1=O)C(=O)N1CCN(C(=O)c2ccc(C(F)(F)F)c(F)c2)CC1. The van der Waals surface area contributed by atoms with Gasteiger partial charge in [-0.05, 0) is 36.2 Å². The number of nitrogens with one attached hydrogen (secondary N) is 2. The number of rotatable bonds is 5. The molecule has 2 heterocycles. The number of fused-ring (bicyclic) bond motifs is 1. The van der Waals surface area contributed by atoms with Gasteiger partial charge in [0.15, 0.2) is 5.69 Å². The summed E-state index contributed by atoms with van der Waals surface area (Å²) in [7, 11) is 0. The van der Waals surface area contributed by atoms with Gasteiger partial charge in [0.05, 0.1) is 16.6 Å². The number of amides is 3. The molecule has 39 heavy (non-hydrogen) atoms. The van der Waals surface area contributed by atoms with Gasteiger partial charge in [-0.3, -0.25) is 19.2 Å². The van der Waals surface area contributed by atoms with Crippen molar-refractivity contribution in [2.24, 2.45) is 5.92 Å². The Morgan fingerprint density at radius 3 is 2.26 bits per heavy atom. The highest BCUT2D eigenvalue weighted by atomic mass is 19.4. The third-order valence-corrected chi connectivity index (χ3v) is 6.43. The van der Waals surface area contributed by atoms with E-state index in [1.165, 1.54) is 9.80 Å². The summed E-state index contributed by atoms with van der Waals surface area (Å²) < 4.78 is 52.4. The number of piperazine rings is 1. The molecular weight excluding hydrogens is 522 g/mol. The van der Waals surface area contributed by atoms with Crippen LogP contribution in [0.15, 0.2) is 47.3 Å². The molecule has 0 spiro atoms. The van der Waals surface area contributed by atoms with Crippen LogP contribution in [0.5, 0.6) is 0 Å². The Bertz CT molecular complexity index is 1480. The maximum atomic E-state index is 13.9.